The van der Waals surface area contributed by atoms with Crippen molar-refractivity contribution in [2.75, 3.05) is 0 Å². The predicted octanol–water partition coefficient (Wildman–Crippen LogP) is 3.42. The van der Waals surface area contributed by atoms with Crippen molar-refractivity contribution in [2.24, 2.45) is 11.3 Å². The zero-order valence-corrected chi connectivity index (χ0v) is 13.4. The number of rotatable bonds is 2. The first-order chi connectivity index (χ1) is 11.7. The van der Waals surface area contributed by atoms with E-state index in [1.807, 2.05) is 24.5 Å². The molecule has 0 spiro atoms. The molecule has 2 saturated heterocycles. The van der Waals surface area contributed by atoms with Crippen LogP contribution >= 0.6 is 0 Å². The fourth-order valence-electron chi connectivity index (χ4n) is 4.92. The van der Waals surface area contributed by atoms with Gasteiger partial charge >= 0.3 is 0 Å². The van der Waals surface area contributed by atoms with Crippen molar-refractivity contribution in [1.82, 2.24) is 5.32 Å². The summed E-state index contributed by atoms with van der Waals surface area (Å²) in [6, 6.07) is 10.3. The molecule has 1 atom stereocenters. The molecule has 6 rings (SSSR count). The lowest BCUT2D eigenvalue weighted by Gasteiger charge is -2.53. The van der Waals surface area contributed by atoms with E-state index in [-0.39, 0.29) is 23.7 Å². The molecular weight excluding hydrogens is 302 g/mol. The summed E-state index contributed by atoms with van der Waals surface area (Å²) in [6.07, 6.45) is 6.23. The number of carbonyl (C=O) groups excluding carboxylic acids is 2. The zero-order chi connectivity index (χ0) is 16.3. The number of carbonyl (C=O) groups is 2. The molecule has 1 N–H and O–H groups in total. The minimum atomic E-state index is -0.431. The summed E-state index contributed by atoms with van der Waals surface area (Å²) in [7, 11) is 0. The fraction of sp³-hybridized carbons (Fsp3) is 0.400. The summed E-state index contributed by atoms with van der Waals surface area (Å²) in [5.41, 5.74) is 3.13. The smallest absolute Gasteiger partial charge is 0.233 e. The van der Waals surface area contributed by atoms with Crippen LogP contribution in [0.25, 0.3) is 11.1 Å². The van der Waals surface area contributed by atoms with E-state index in [4.69, 9.17) is 4.42 Å². The van der Waals surface area contributed by atoms with Gasteiger partial charge in [-0.15, -0.1) is 0 Å². The highest BCUT2D eigenvalue weighted by atomic mass is 16.3. The Bertz CT molecular complexity index is 830. The van der Waals surface area contributed by atoms with Gasteiger partial charge in [0.05, 0.1) is 11.7 Å². The van der Waals surface area contributed by atoms with Crippen molar-refractivity contribution >= 4 is 11.8 Å². The standard InChI is InChI=1S/C20H19NO3/c22-18-13-9-20(10-13,19(23)21-18)16-8-4-7-14-15(11-24-17(14)16)12-5-2-1-3-6-12/h1-3,5-6,11,13,16H,4,7-10H2,(H,21,22,23). The fourth-order valence-corrected chi connectivity index (χ4v) is 4.92. The minimum Gasteiger partial charge on any atom is -0.468 e. The Hall–Kier alpha value is -2.36. The van der Waals surface area contributed by atoms with Gasteiger partial charge in [-0.1, -0.05) is 30.3 Å². The lowest BCUT2D eigenvalue weighted by atomic mass is 9.51. The van der Waals surface area contributed by atoms with Crippen molar-refractivity contribution in [3.05, 3.63) is 47.9 Å². The van der Waals surface area contributed by atoms with E-state index in [9.17, 15) is 9.59 Å². The quantitative estimate of drug-likeness (QED) is 0.862. The van der Waals surface area contributed by atoms with Gasteiger partial charge in [-0.25, -0.2) is 0 Å². The van der Waals surface area contributed by atoms with Gasteiger partial charge in [0.15, 0.2) is 0 Å². The van der Waals surface area contributed by atoms with Crippen LogP contribution < -0.4 is 5.32 Å². The summed E-state index contributed by atoms with van der Waals surface area (Å²) < 4.78 is 6.01. The Labute approximate surface area is 140 Å². The van der Waals surface area contributed by atoms with Crippen LogP contribution in [0.3, 0.4) is 0 Å². The van der Waals surface area contributed by atoms with Crippen LogP contribution in [0, 0.1) is 11.3 Å². The number of piperidine rings is 2. The molecule has 3 fully saturated rings. The lowest BCUT2D eigenvalue weighted by molar-refractivity contribution is -0.162. The van der Waals surface area contributed by atoms with E-state index >= 15 is 0 Å². The topological polar surface area (TPSA) is 59.3 Å². The van der Waals surface area contributed by atoms with E-state index < -0.39 is 5.41 Å². The lowest BCUT2D eigenvalue weighted by Crippen LogP contribution is -2.64. The Kier molecular flexibility index (Phi) is 2.82. The molecule has 2 aromatic rings. The van der Waals surface area contributed by atoms with Crippen LogP contribution in [0.2, 0.25) is 0 Å². The number of benzene rings is 1. The van der Waals surface area contributed by atoms with Gasteiger partial charge in [-0.3, -0.25) is 14.9 Å². The number of imide groups is 1. The van der Waals surface area contributed by atoms with Crippen LogP contribution in [0.4, 0.5) is 0 Å². The third-order valence-corrected chi connectivity index (χ3v) is 6.20. The Morgan fingerprint density at radius 3 is 2.67 bits per heavy atom. The second-order valence-corrected chi connectivity index (χ2v) is 7.38. The average molecular weight is 321 g/mol. The number of nitrogens with one attached hydrogen (secondary N) is 1. The maximum absolute atomic E-state index is 12.6. The zero-order valence-electron chi connectivity index (χ0n) is 13.4. The highest BCUT2D eigenvalue weighted by Gasteiger charge is 2.62. The Morgan fingerprint density at radius 1 is 1.12 bits per heavy atom. The molecule has 2 amide bonds. The van der Waals surface area contributed by atoms with Crippen LogP contribution in [0.15, 0.2) is 41.0 Å². The third kappa shape index (κ3) is 1.74. The van der Waals surface area contributed by atoms with Crippen LogP contribution in [0.1, 0.15) is 42.9 Å². The van der Waals surface area contributed by atoms with Crippen LogP contribution in [-0.2, 0) is 16.0 Å². The van der Waals surface area contributed by atoms with E-state index in [2.05, 4.69) is 17.4 Å². The molecule has 2 aliphatic heterocycles. The molecule has 2 bridgehead atoms. The summed E-state index contributed by atoms with van der Waals surface area (Å²) in [5, 5.41) is 2.57. The van der Waals surface area contributed by atoms with Gasteiger partial charge in [0.2, 0.25) is 11.8 Å². The maximum atomic E-state index is 12.6. The molecule has 24 heavy (non-hydrogen) atoms. The number of amides is 2. The molecule has 4 aliphatic rings. The van der Waals surface area contributed by atoms with Crippen molar-refractivity contribution in [2.45, 2.75) is 38.0 Å². The van der Waals surface area contributed by atoms with E-state index in [0.29, 0.717) is 12.8 Å². The van der Waals surface area contributed by atoms with Gasteiger partial charge in [0, 0.05) is 23.0 Å². The first-order valence-electron chi connectivity index (χ1n) is 8.70. The first kappa shape index (κ1) is 14.0. The van der Waals surface area contributed by atoms with E-state index in [1.54, 1.807) is 0 Å². The number of fused-ring (bicyclic) bond motifs is 3. The molecule has 4 nitrogen and oxygen atoms in total. The molecule has 122 valence electrons. The molecule has 4 heteroatoms. The second kappa shape index (κ2) is 4.82. The van der Waals surface area contributed by atoms with Crippen LogP contribution in [-0.4, -0.2) is 11.8 Å². The molecule has 1 unspecified atom stereocenters. The van der Waals surface area contributed by atoms with Gasteiger partial charge in [-0.05, 0) is 37.7 Å². The van der Waals surface area contributed by atoms with Crippen LogP contribution in [0.5, 0.6) is 0 Å². The monoisotopic (exact) mass is 321 g/mol. The van der Waals surface area contributed by atoms with E-state index in [0.717, 1.165) is 36.1 Å². The Balaban J connectivity index is 1.56. The van der Waals surface area contributed by atoms with Crippen molar-refractivity contribution in [1.29, 1.82) is 0 Å². The third-order valence-electron chi connectivity index (χ3n) is 6.20. The van der Waals surface area contributed by atoms with Gasteiger partial charge < -0.3 is 4.42 Å². The van der Waals surface area contributed by atoms with Gasteiger partial charge in [0.1, 0.15) is 5.76 Å². The second-order valence-electron chi connectivity index (χ2n) is 7.38. The molecule has 2 aliphatic carbocycles. The van der Waals surface area contributed by atoms with Crippen molar-refractivity contribution in [3.63, 3.8) is 0 Å². The summed E-state index contributed by atoms with van der Waals surface area (Å²) in [5.74, 6) is 0.899. The first-order valence-corrected chi connectivity index (χ1v) is 8.70. The van der Waals surface area contributed by atoms with Gasteiger partial charge in [0.25, 0.3) is 0 Å². The van der Waals surface area contributed by atoms with Crippen molar-refractivity contribution < 1.29 is 14.0 Å². The molecule has 0 radical (unpaired) electrons. The largest absolute Gasteiger partial charge is 0.468 e. The van der Waals surface area contributed by atoms with Crippen molar-refractivity contribution in [3.8, 4) is 11.1 Å². The SMILES string of the molecule is O=C1NC(=O)C2(C3CCCc4c(-c5ccccc5)coc43)CC1C2. The number of furan rings is 1. The maximum Gasteiger partial charge on any atom is 0.233 e. The number of hydrogen-bond donors (Lipinski definition) is 1. The molecule has 1 saturated carbocycles. The summed E-state index contributed by atoms with van der Waals surface area (Å²) >= 11 is 0. The normalized spacial score (nSPS) is 31.2. The average Bonchev–Trinajstić information content (AvgIpc) is 2.98. The summed E-state index contributed by atoms with van der Waals surface area (Å²) in [4.78, 5) is 24.3. The van der Waals surface area contributed by atoms with Gasteiger partial charge in [-0.2, -0.15) is 0 Å². The number of hydrogen-bond acceptors (Lipinski definition) is 3. The highest BCUT2D eigenvalue weighted by Crippen LogP contribution is 2.60. The minimum absolute atomic E-state index is 0.0108. The molecular formula is C20H19NO3. The predicted molar refractivity (Wildman–Crippen MR) is 88.1 cm³/mol. The highest BCUT2D eigenvalue weighted by molar-refractivity contribution is 6.05. The molecule has 1 aromatic carbocycles. The molecule has 3 heterocycles. The summed E-state index contributed by atoms with van der Waals surface area (Å²) in [6.45, 7) is 0. The Morgan fingerprint density at radius 2 is 1.92 bits per heavy atom. The van der Waals surface area contributed by atoms with E-state index in [1.165, 1.54) is 5.56 Å². The molecule has 1 aromatic heterocycles.